The molecular weight excluding hydrogens is 232 g/mol. The van der Waals surface area contributed by atoms with E-state index in [-0.39, 0.29) is 18.0 Å². The first kappa shape index (κ1) is 13.0. The molecule has 1 aromatic rings. The predicted octanol–water partition coefficient (Wildman–Crippen LogP) is 2.03. The molecule has 2 N–H and O–H groups in total. The van der Waals surface area contributed by atoms with Crippen molar-refractivity contribution in [2.24, 2.45) is 0 Å². The highest BCUT2D eigenvalue weighted by Crippen LogP contribution is 2.24. The Morgan fingerprint density at radius 3 is 2.76 bits per heavy atom. The number of anilines is 1. The van der Waals surface area contributed by atoms with Crippen LogP contribution in [0.4, 0.5) is 14.5 Å². The van der Waals surface area contributed by atoms with Gasteiger partial charge in [0.2, 0.25) is 0 Å². The van der Waals surface area contributed by atoms with Crippen molar-refractivity contribution >= 4 is 11.7 Å². The lowest BCUT2D eigenvalue weighted by molar-refractivity contribution is -0.131. The zero-order valence-electron chi connectivity index (χ0n) is 9.04. The first-order valence-corrected chi connectivity index (χ1v) is 4.71. The average molecular weight is 243 g/mol. The van der Waals surface area contributed by atoms with Crippen LogP contribution in [0.3, 0.4) is 0 Å². The van der Waals surface area contributed by atoms with E-state index < -0.39 is 17.6 Å². The van der Waals surface area contributed by atoms with E-state index in [1.54, 1.807) is 0 Å². The number of nitrogens with one attached hydrogen (secondary N) is 1. The van der Waals surface area contributed by atoms with Gasteiger partial charge in [0.05, 0.1) is 12.8 Å². The lowest BCUT2D eigenvalue weighted by atomic mass is 10.2. The molecule has 6 heteroatoms. The van der Waals surface area contributed by atoms with Gasteiger partial charge in [-0.25, -0.2) is 13.6 Å². The van der Waals surface area contributed by atoms with Crippen LogP contribution in [-0.2, 0) is 4.79 Å². The second-order valence-corrected chi connectivity index (χ2v) is 3.09. The minimum atomic E-state index is -1.10. The number of halogens is 2. The van der Waals surface area contributed by atoms with Crippen molar-refractivity contribution in [1.29, 1.82) is 0 Å². The molecule has 0 fully saturated rings. The minimum Gasteiger partial charge on any atom is -0.494 e. The number of aliphatic carboxylic acids is 1. The minimum absolute atomic E-state index is 0.0571. The lowest BCUT2D eigenvalue weighted by Gasteiger charge is -2.08. The zero-order chi connectivity index (χ0) is 12.8. The molecule has 1 rings (SSSR count). The Morgan fingerprint density at radius 1 is 1.47 bits per heavy atom. The summed E-state index contributed by atoms with van der Waals surface area (Å²) in [7, 11) is 1.24. The van der Waals surface area contributed by atoms with Crippen molar-refractivity contribution in [1.82, 2.24) is 0 Å². The molecule has 0 atom stereocenters. The van der Waals surface area contributed by atoms with Gasteiger partial charge >= 0.3 is 5.97 Å². The Kier molecular flexibility index (Phi) is 4.45. The third-order valence-corrected chi connectivity index (χ3v) is 1.91. The number of hydrogen-bond acceptors (Lipinski definition) is 3. The van der Waals surface area contributed by atoms with Crippen LogP contribution in [0.2, 0.25) is 0 Å². The summed E-state index contributed by atoms with van der Waals surface area (Å²) in [6.45, 7) is 0.0784. The van der Waals surface area contributed by atoms with E-state index in [0.29, 0.717) is 0 Å². The molecule has 0 heterocycles. The summed E-state index contributed by atoms with van der Waals surface area (Å²) in [6, 6.07) is 1.86. The molecule has 0 spiro atoms. The highest BCUT2D eigenvalue weighted by molar-refractivity contribution is 5.79. The van der Waals surface area contributed by atoms with Gasteiger partial charge < -0.3 is 15.2 Å². The number of hydrogen-bond donors (Lipinski definition) is 2. The number of benzene rings is 1. The van der Waals surface area contributed by atoms with Crippen molar-refractivity contribution in [3.05, 3.63) is 35.9 Å². The smallest absolute Gasteiger partial charge is 0.328 e. The van der Waals surface area contributed by atoms with Gasteiger partial charge in [0.25, 0.3) is 0 Å². The van der Waals surface area contributed by atoms with Gasteiger partial charge in [0.15, 0.2) is 11.6 Å². The van der Waals surface area contributed by atoms with Crippen LogP contribution in [0.5, 0.6) is 5.75 Å². The topological polar surface area (TPSA) is 58.6 Å². The number of carboxylic acids is 1. The first-order chi connectivity index (χ1) is 8.04. The van der Waals surface area contributed by atoms with E-state index in [4.69, 9.17) is 5.11 Å². The summed E-state index contributed by atoms with van der Waals surface area (Å²) in [6.07, 6.45) is 2.19. The van der Waals surface area contributed by atoms with Crippen LogP contribution in [0, 0.1) is 11.6 Å². The van der Waals surface area contributed by atoms with Gasteiger partial charge in [-0.2, -0.15) is 0 Å². The Morgan fingerprint density at radius 2 is 2.18 bits per heavy atom. The van der Waals surface area contributed by atoms with Crippen LogP contribution in [0.25, 0.3) is 0 Å². The van der Waals surface area contributed by atoms with E-state index in [0.717, 1.165) is 18.2 Å². The zero-order valence-corrected chi connectivity index (χ0v) is 9.04. The third kappa shape index (κ3) is 3.75. The quantitative estimate of drug-likeness (QED) is 0.777. The number of carbonyl (C=O) groups is 1. The summed E-state index contributed by atoms with van der Waals surface area (Å²) in [5.74, 6) is -2.66. The molecule has 0 saturated heterocycles. The molecular formula is C11H11F2NO3. The average Bonchev–Trinajstić information content (AvgIpc) is 2.28. The third-order valence-electron chi connectivity index (χ3n) is 1.91. The molecule has 1 aromatic carbocycles. The summed E-state index contributed by atoms with van der Waals surface area (Å²) >= 11 is 0. The molecule has 92 valence electrons. The summed E-state index contributed by atoms with van der Waals surface area (Å²) in [5, 5.41) is 10.9. The van der Waals surface area contributed by atoms with E-state index in [9.17, 15) is 13.6 Å². The van der Waals surface area contributed by atoms with Crippen molar-refractivity contribution in [3.8, 4) is 5.75 Å². The van der Waals surface area contributed by atoms with Gasteiger partial charge in [-0.05, 0) is 0 Å². The molecule has 0 radical (unpaired) electrons. The fourth-order valence-electron chi connectivity index (χ4n) is 1.15. The van der Waals surface area contributed by atoms with Crippen molar-refractivity contribution in [2.75, 3.05) is 19.0 Å². The normalized spacial score (nSPS) is 10.5. The molecule has 0 aromatic heterocycles. The number of carboxylic acid groups (broad SMARTS) is 1. The predicted molar refractivity (Wildman–Crippen MR) is 58.2 cm³/mol. The first-order valence-electron chi connectivity index (χ1n) is 4.71. The fourth-order valence-corrected chi connectivity index (χ4v) is 1.15. The lowest BCUT2D eigenvalue weighted by Crippen LogP contribution is -2.03. The van der Waals surface area contributed by atoms with Gasteiger partial charge in [-0.3, -0.25) is 0 Å². The molecule has 0 aliphatic carbocycles. The van der Waals surface area contributed by atoms with Crippen LogP contribution < -0.4 is 10.1 Å². The maximum Gasteiger partial charge on any atom is 0.328 e. The van der Waals surface area contributed by atoms with Crippen LogP contribution >= 0.6 is 0 Å². The SMILES string of the molecule is COc1cc(F)c(NC/C=C/C(=O)O)cc1F. The second kappa shape index (κ2) is 5.83. The Balaban J connectivity index is 2.72. The molecule has 0 aliphatic heterocycles. The Bertz CT molecular complexity index is 447. The molecule has 0 saturated carbocycles. The second-order valence-electron chi connectivity index (χ2n) is 3.09. The van der Waals surface area contributed by atoms with E-state index in [1.807, 2.05) is 0 Å². The van der Waals surface area contributed by atoms with E-state index in [1.165, 1.54) is 13.2 Å². The van der Waals surface area contributed by atoms with Gasteiger partial charge in [0.1, 0.15) is 5.82 Å². The highest BCUT2D eigenvalue weighted by atomic mass is 19.1. The van der Waals surface area contributed by atoms with Gasteiger partial charge in [0, 0.05) is 24.8 Å². The monoisotopic (exact) mass is 243 g/mol. The van der Waals surface area contributed by atoms with Crippen molar-refractivity contribution in [3.63, 3.8) is 0 Å². The number of rotatable bonds is 5. The summed E-state index contributed by atoms with van der Waals surface area (Å²) in [4.78, 5) is 10.2. The molecule has 0 bridgehead atoms. The fraction of sp³-hybridized carbons (Fsp3) is 0.182. The molecule has 4 nitrogen and oxygen atoms in total. The number of ether oxygens (including phenoxy) is 1. The molecule has 0 aliphatic rings. The Labute approximate surface area is 96.5 Å². The summed E-state index contributed by atoms with van der Waals surface area (Å²) in [5.41, 5.74) is -0.0571. The van der Waals surface area contributed by atoms with E-state index >= 15 is 0 Å². The van der Waals surface area contributed by atoms with Crippen molar-refractivity contribution < 1.29 is 23.4 Å². The molecule has 17 heavy (non-hydrogen) atoms. The van der Waals surface area contributed by atoms with E-state index in [2.05, 4.69) is 10.1 Å². The van der Waals surface area contributed by atoms with Crippen LogP contribution in [-0.4, -0.2) is 24.7 Å². The van der Waals surface area contributed by atoms with Gasteiger partial charge in [-0.15, -0.1) is 0 Å². The highest BCUT2D eigenvalue weighted by Gasteiger charge is 2.09. The van der Waals surface area contributed by atoms with Crippen LogP contribution in [0.15, 0.2) is 24.3 Å². The maximum atomic E-state index is 13.4. The molecule has 0 amide bonds. The number of methoxy groups -OCH3 is 1. The largest absolute Gasteiger partial charge is 0.494 e. The standard InChI is InChI=1S/C11H11F2NO3/c1-17-10-6-7(12)9(5-8(10)13)14-4-2-3-11(15)16/h2-3,5-6,14H,4H2,1H3,(H,15,16)/b3-2+. The van der Waals surface area contributed by atoms with Crippen molar-refractivity contribution in [2.45, 2.75) is 0 Å². The van der Waals surface area contributed by atoms with Crippen LogP contribution in [0.1, 0.15) is 0 Å². The Hall–Kier alpha value is -2.11. The molecule has 0 unspecified atom stereocenters. The van der Waals surface area contributed by atoms with Gasteiger partial charge in [-0.1, -0.05) is 6.08 Å². The maximum absolute atomic E-state index is 13.4. The summed E-state index contributed by atoms with van der Waals surface area (Å²) < 4.78 is 31.2.